The second-order valence-electron chi connectivity index (χ2n) is 2.56. The highest BCUT2D eigenvalue weighted by Gasteiger charge is 2.02. The number of aliphatic carboxylic acids is 1. The van der Waals surface area contributed by atoms with Crippen LogP contribution in [0.5, 0.6) is 0 Å². The Hall–Kier alpha value is -1.58. The molecule has 1 rings (SSSR count). The summed E-state index contributed by atoms with van der Waals surface area (Å²) in [6.45, 7) is 3.37. The molecule has 0 aliphatic carbocycles. The van der Waals surface area contributed by atoms with Crippen LogP contribution in [0, 0.1) is 6.92 Å². The Labute approximate surface area is 69.9 Å². The highest BCUT2D eigenvalue weighted by Crippen LogP contribution is 2.08. The quantitative estimate of drug-likeness (QED) is 0.649. The van der Waals surface area contributed by atoms with Gasteiger partial charge in [-0.1, -0.05) is 0 Å². The van der Waals surface area contributed by atoms with Crippen LogP contribution in [0.4, 0.5) is 0 Å². The fourth-order valence-corrected chi connectivity index (χ4v) is 0.809. The Balaban J connectivity index is 2.95. The van der Waals surface area contributed by atoms with Crippen molar-refractivity contribution in [1.82, 2.24) is 10.2 Å². The highest BCUT2D eigenvalue weighted by molar-refractivity contribution is 5.91. The molecule has 0 saturated carbocycles. The molecule has 0 amide bonds. The van der Waals surface area contributed by atoms with Gasteiger partial charge in [-0.2, -0.15) is 5.10 Å². The summed E-state index contributed by atoms with van der Waals surface area (Å²) in [6, 6.07) is 0. The number of nitrogens with one attached hydrogen (secondary N) is 1. The molecule has 0 atom stereocenters. The number of hydrogen-bond acceptors (Lipinski definition) is 2. The zero-order chi connectivity index (χ0) is 9.14. The van der Waals surface area contributed by atoms with Crippen LogP contribution < -0.4 is 0 Å². The third-order valence-electron chi connectivity index (χ3n) is 1.58. The van der Waals surface area contributed by atoms with E-state index < -0.39 is 5.97 Å². The van der Waals surface area contributed by atoms with Crippen molar-refractivity contribution >= 4 is 12.0 Å². The lowest BCUT2D eigenvalue weighted by atomic mass is 10.2. The van der Waals surface area contributed by atoms with Gasteiger partial charge in [0, 0.05) is 17.3 Å². The van der Waals surface area contributed by atoms with Crippen LogP contribution in [0.15, 0.2) is 11.8 Å². The Morgan fingerprint density at radius 2 is 2.42 bits per heavy atom. The average molecular weight is 166 g/mol. The van der Waals surface area contributed by atoms with E-state index in [1.54, 1.807) is 19.2 Å². The number of carbonyl (C=O) groups is 1. The minimum Gasteiger partial charge on any atom is -0.478 e. The van der Waals surface area contributed by atoms with Crippen molar-refractivity contribution in [3.8, 4) is 0 Å². The summed E-state index contributed by atoms with van der Waals surface area (Å²) in [4.78, 5) is 10.4. The van der Waals surface area contributed by atoms with Gasteiger partial charge in [0.2, 0.25) is 0 Å². The minimum absolute atomic E-state index is 0.305. The first-order chi connectivity index (χ1) is 5.61. The molecule has 0 unspecified atom stereocenters. The molecular weight excluding hydrogens is 156 g/mol. The number of nitrogens with zero attached hydrogens (tertiary/aromatic N) is 1. The van der Waals surface area contributed by atoms with Gasteiger partial charge in [-0.3, -0.25) is 5.10 Å². The molecule has 64 valence electrons. The van der Waals surface area contributed by atoms with Crippen LogP contribution in [0.25, 0.3) is 6.08 Å². The first kappa shape index (κ1) is 8.52. The number of carboxylic acids is 1. The Kier molecular flexibility index (Phi) is 2.28. The summed E-state index contributed by atoms with van der Waals surface area (Å²) in [5.74, 6) is -0.907. The van der Waals surface area contributed by atoms with Crippen LogP contribution >= 0.6 is 0 Å². The molecule has 1 aromatic rings. The molecule has 2 N–H and O–H groups in total. The van der Waals surface area contributed by atoms with Crippen LogP contribution in [-0.2, 0) is 4.79 Å². The molecular formula is C8H10N2O2. The molecule has 0 aromatic carbocycles. The second-order valence-corrected chi connectivity index (χ2v) is 2.56. The molecule has 0 saturated heterocycles. The topological polar surface area (TPSA) is 66.0 Å². The fraction of sp³-hybridized carbons (Fsp3) is 0.250. The number of hydrogen-bond donors (Lipinski definition) is 2. The predicted octanol–water partition coefficient (Wildman–Crippen LogP) is 1.21. The maximum atomic E-state index is 10.4. The van der Waals surface area contributed by atoms with E-state index in [-0.39, 0.29) is 0 Å². The average Bonchev–Trinajstić information content (AvgIpc) is 2.36. The SMILES string of the molecule is C/C(=C\c1c[nH]nc1C)C(=O)O. The van der Waals surface area contributed by atoms with Crippen LogP contribution in [0.2, 0.25) is 0 Å². The summed E-state index contributed by atoms with van der Waals surface area (Å²) >= 11 is 0. The second kappa shape index (κ2) is 3.21. The highest BCUT2D eigenvalue weighted by atomic mass is 16.4. The van der Waals surface area contributed by atoms with Gasteiger partial charge in [0.1, 0.15) is 0 Å². The van der Waals surface area contributed by atoms with E-state index >= 15 is 0 Å². The van der Waals surface area contributed by atoms with Gasteiger partial charge in [-0.25, -0.2) is 4.79 Å². The third-order valence-corrected chi connectivity index (χ3v) is 1.58. The number of aromatic nitrogens is 2. The van der Waals surface area contributed by atoms with Crippen molar-refractivity contribution in [3.63, 3.8) is 0 Å². The van der Waals surface area contributed by atoms with E-state index in [9.17, 15) is 4.79 Å². The van der Waals surface area contributed by atoms with Crippen molar-refractivity contribution in [3.05, 3.63) is 23.0 Å². The van der Waals surface area contributed by atoms with Crippen molar-refractivity contribution in [2.24, 2.45) is 0 Å². The zero-order valence-corrected chi connectivity index (χ0v) is 6.96. The lowest BCUT2D eigenvalue weighted by Crippen LogP contribution is -1.95. The monoisotopic (exact) mass is 166 g/mol. The molecule has 0 radical (unpaired) electrons. The Bertz CT molecular complexity index is 326. The number of rotatable bonds is 2. The Morgan fingerprint density at radius 1 is 1.75 bits per heavy atom. The molecule has 4 heteroatoms. The number of carboxylic acid groups (broad SMARTS) is 1. The maximum Gasteiger partial charge on any atom is 0.331 e. The third kappa shape index (κ3) is 1.72. The summed E-state index contributed by atoms with van der Waals surface area (Å²) in [6.07, 6.45) is 3.25. The Morgan fingerprint density at radius 3 is 2.83 bits per heavy atom. The van der Waals surface area contributed by atoms with E-state index in [1.807, 2.05) is 6.92 Å². The fourth-order valence-electron chi connectivity index (χ4n) is 0.809. The lowest BCUT2D eigenvalue weighted by molar-refractivity contribution is -0.132. The summed E-state index contributed by atoms with van der Waals surface area (Å²) in [5.41, 5.74) is 1.92. The van der Waals surface area contributed by atoms with Gasteiger partial charge in [-0.15, -0.1) is 0 Å². The zero-order valence-electron chi connectivity index (χ0n) is 6.96. The molecule has 0 bridgehead atoms. The summed E-state index contributed by atoms with van der Waals surface area (Å²) in [7, 11) is 0. The van der Waals surface area contributed by atoms with Crippen LogP contribution in [0.3, 0.4) is 0 Å². The molecule has 0 fully saturated rings. The molecule has 0 spiro atoms. The largest absolute Gasteiger partial charge is 0.478 e. The van der Waals surface area contributed by atoms with E-state index in [2.05, 4.69) is 10.2 Å². The summed E-state index contributed by atoms with van der Waals surface area (Å²) in [5, 5.41) is 15.1. The molecule has 1 aromatic heterocycles. The predicted molar refractivity (Wildman–Crippen MR) is 44.6 cm³/mol. The number of aryl methyl sites for hydroxylation is 1. The number of H-pyrrole nitrogens is 1. The van der Waals surface area contributed by atoms with Gasteiger partial charge in [-0.05, 0) is 19.9 Å². The van der Waals surface area contributed by atoms with Crippen LogP contribution in [-0.4, -0.2) is 21.3 Å². The lowest BCUT2D eigenvalue weighted by Gasteiger charge is -1.91. The minimum atomic E-state index is -0.907. The molecule has 12 heavy (non-hydrogen) atoms. The molecule has 1 heterocycles. The normalized spacial score (nSPS) is 11.7. The van der Waals surface area contributed by atoms with E-state index in [0.717, 1.165) is 11.3 Å². The van der Waals surface area contributed by atoms with Crippen molar-refractivity contribution in [2.75, 3.05) is 0 Å². The van der Waals surface area contributed by atoms with E-state index in [4.69, 9.17) is 5.11 Å². The van der Waals surface area contributed by atoms with Gasteiger partial charge in [0.25, 0.3) is 0 Å². The van der Waals surface area contributed by atoms with Crippen molar-refractivity contribution < 1.29 is 9.90 Å². The van der Waals surface area contributed by atoms with Crippen molar-refractivity contribution in [2.45, 2.75) is 13.8 Å². The van der Waals surface area contributed by atoms with Gasteiger partial charge in [0.15, 0.2) is 0 Å². The number of aromatic amines is 1. The van der Waals surface area contributed by atoms with E-state index in [0.29, 0.717) is 5.57 Å². The molecule has 4 nitrogen and oxygen atoms in total. The van der Waals surface area contributed by atoms with Gasteiger partial charge in [0.05, 0.1) is 5.69 Å². The first-order valence-corrected chi connectivity index (χ1v) is 3.53. The van der Waals surface area contributed by atoms with Gasteiger partial charge >= 0.3 is 5.97 Å². The van der Waals surface area contributed by atoms with E-state index in [1.165, 1.54) is 0 Å². The summed E-state index contributed by atoms with van der Waals surface area (Å²) < 4.78 is 0. The molecule has 0 aliphatic heterocycles. The standard InChI is InChI=1S/C8H10N2O2/c1-5(8(11)12)3-7-4-9-10-6(7)2/h3-4H,1-2H3,(H,9,10)(H,11,12)/b5-3+. The molecule has 0 aliphatic rings. The first-order valence-electron chi connectivity index (χ1n) is 3.53. The van der Waals surface area contributed by atoms with Crippen molar-refractivity contribution in [1.29, 1.82) is 0 Å². The maximum absolute atomic E-state index is 10.4. The smallest absolute Gasteiger partial charge is 0.331 e. The van der Waals surface area contributed by atoms with Crippen LogP contribution in [0.1, 0.15) is 18.2 Å². The van der Waals surface area contributed by atoms with Gasteiger partial charge < -0.3 is 5.11 Å².